The summed E-state index contributed by atoms with van der Waals surface area (Å²) in [5, 5.41) is 2.87. The first-order chi connectivity index (χ1) is 12.8. The Labute approximate surface area is 160 Å². The van der Waals surface area contributed by atoms with E-state index in [-0.39, 0.29) is 29.1 Å². The number of amides is 1. The van der Waals surface area contributed by atoms with E-state index in [2.05, 4.69) is 5.32 Å². The van der Waals surface area contributed by atoms with Crippen LogP contribution in [0.25, 0.3) is 0 Å². The molecule has 0 aromatic heterocycles. The van der Waals surface area contributed by atoms with Gasteiger partial charge >= 0.3 is 0 Å². The van der Waals surface area contributed by atoms with Gasteiger partial charge in [0.05, 0.1) is 26.7 Å². The molecule has 0 spiro atoms. The van der Waals surface area contributed by atoms with Crippen LogP contribution in [0.2, 0.25) is 0 Å². The van der Waals surface area contributed by atoms with Gasteiger partial charge in [0.15, 0.2) is 0 Å². The van der Waals surface area contributed by atoms with E-state index in [1.807, 2.05) is 6.92 Å². The van der Waals surface area contributed by atoms with E-state index in [9.17, 15) is 13.2 Å². The van der Waals surface area contributed by atoms with Crippen LogP contribution >= 0.6 is 0 Å². The third-order valence-corrected chi connectivity index (χ3v) is 6.44. The lowest BCUT2D eigenvalue weighted by atomic mass is 9.98. The first-order valence-corrected chi connectivity index (χ1v) is 10.3. The molecule has 0 unspecified atom stereocenters. The molecule has 1 N–H and O–H groups in total. The summed E-state index contributed by atoms with van der Waals surface area (Å²) in [6.07, 6.45) is 1.26. The van der Waals surface area contributed by atoms with Crippen LogP contribution in [0.4, 0.5) is 0 Å². The van der Waals surface area contributed by atoms with Crippen molar-refractivity contribution in [3.05, 3.63) is 18.2 Å². The van der Waals surface area contributed by atoms with E-state index in [1.54, 1.807) is 19.2 Å². The van der Waals surface area contributed by atoms with Gasteiger partial charge in [0.25, 0.3) is 0 Å². The number of nitrogens with zero attached hydrogens (tertiary/aromatic N) is 1. The van der Waals surface area contributed by atoms with E-state index >= 15 is 0 Å². The predicted molar refractivity (Wildman–Crippen MR) is 101 cm³/mol. The normalized spacial score (nSPS) is 19.3. The summed E-state index contributed by atoms with van der Waals surface area (Å²) in [5.41, 5.74) is 0. The van der Waals surface area contributed by atoms with Crippen LogP contribution in [0.15, 0.2) is 23.1 Å². The molecule has 2 rings (SSSR count). The zero-order valence-corrected chi connectivity index (χ0v) is 17.0. The number of nitrogens with one attached hydrogen (secondary N) is 1. The zero-order valence-electron chi connectivity index (χ0n) is 16.2. The molecule has 0 bridgehead atoms. The molecule has 152 valence electrons. The van der Waals surface area contributed by atoms with Crippen molar-refractivity contribution in [2.45, 2.75) is 30.7 Å². The Balaban J connectivity index is 2.20. The smallest absolute Gasteiger partial charge is 0.246 e. The van der Waals surface area contributed by atoms with Gasteiger partial charge in [-0.3, -0.25) is 4.79 Å². The second-order valence-electron chi connectivity index (χ2n) is 6.58. The van der Waals surface area contributed by atoms with Crippen molar-refractivity contribution in [2.24, 2.45) is 5.92 Å². The highest BCUT2D eigenvalue weighted by Gasteiger charge is 2.35. The summed E-state index contributed by atoms with van der Waals surface area (Å²) in [4.78, 5) is 12.5. The Kier molecular flexibility index (Phi) is 7.46. The first-order valence-electron chi connectivity index (χ1n) is 8.85. The molecule has 1 fully saturated rings. The molecule has 1 heterocycles. The van der Waals surface area contributed by atoms with Crippen LogP contribution in [-0.2, 0) is 19.6 Å². The average Bonchev–Trinajstić information content (AvgIpc) is 2.67. The molecular weight excluding hydrogens is 372 g/mol. The van der Waals surface area contributed by atoms with Crippen LogP contribution in [0.3, 0.4) is 0 Å². The number of benzene rings is 1. The summed E-state index contributed by atoms with van der Waals surface area (Å²) in [5.74, 6) is 0.117. The fraction of sp³-hybridized carbons (Fsp3) is 0.611. The Hall–Kier alpha value is -1.84. The maximum atomic E-state index is 13.2. The molecular formula is C18H28N2O6S. The van der Waals surface area contributed by atoms with E-state index in [1.165, 1.54) is 24.6 Å². The number of carbonyl (C=O) groups excluding carboxylic acids is 1. The highest BCUT2D eigenvalue weighted by Crippen LogP contribution is 2.32. The van der Waals surface area contributed by atoms with Crippen molar-refractivity contribution >= 4 is 15.9 Å². The highest BCUT2D eigenvalue weighted by atomic mass is 32.2. The van der Waals surface area contributed by atoms with Gasteiger partial charge in [0, 0.05) is 32.3 Å². The molecule has 0 saturated carbocycles. The molecule has 0 radical (unpaired) electrons. The van der Waals surface area contributed by atoms with Gasteiger partial charge in [-0.1, -0.05) is 0 Å². The number of methoxy groups -OCH3 is 3. The fourth-order valence-electron chi connectivity index (χ4n) is 3.15. The molecule has 8 nitrogen and oxygen atoms in total. The SMILES string of the molecule is COC[C@@H](C)NC(=O)[C@@H]1CCCN(S(=O)(=O)c2cc(OC)ccc2OC)C1. The molecule has 2 atom stereocenters. The van der Waals surface area contributed by atoms with Crippen molar-refractivity contribution in [1.29, 1.82) is 0 Å². The van der Waals surface area contributed by atoms with Crippen molar-refractivity contribution in [1.82, 2.24) is 9.62 Å². The van der Waals surface area contributed by atoms with Gasteiger partial charge < -0.3 is 19.5 Å². The van der Waals surface area contributed by atoms with Crippen LogP contribution in [0.1, 0.15) is 19.8 Å². The molecule has 9 heteroatoms. The molecule has 1 aliphatic heterocycles. The summed E-state index contributed by atoms with van der Waals surface area (Å²) in [6, 6.07) is 4.51. The standard InChI is InChI=1S/C18H28N2O6S/c1-13(12-24-2)19-18(21)14-6-5-9-20(11-14)27(22,23)17-10-15(25-3)7-8-16(17)26-4/h7-8,10,13-14H,5-6,9,11-12H2,1-4H3,(H,19,21)/t13-,14-/m1/s1. The monoisotopic (exact) mass is 400 g/mol. The van der Waals surface area contributed by atoms with E-state index < -0.39 is 15.9 Å². The van der Waals surface area contributed by atoms with E-state index in [0.29, 0.717) is 31.7 Å². The van der Waals surface area contributed by atoms with Crippen LogP contribution < -0.4 is 14.8 Å². The minimum Gasteiger partial charge on any atom is -0.497 e. The third kappa shape index (κ3) is 5.12. The number of piperidine rings is 1. The lowest BCUT2D eigenvalue weighted by molar-refractivity contribution is -0.127. The maximum Gasteiger partial charge on any atom is 0.246 e. The number of ether oxygens (including phenoxy) is 3. The fourth-order valence-corrected chi connectivity index (χ4v) is 4.85. The van der Waals surface area contributed by atoms with Crippen LogP contribution in [-0.4, -0.2) is 65.7 Å². The van der Waals surface area contributed by atoms with Crippen molar-refractivity contribution in [3.63, 3.8) is 0 Å². The number of hydrogen-bond donors (Lipinski definition) is 1. The highest BCUT2D eigenvalue weighted by molar-refractivity contribution is 7.89. The van der Waals surface area contributed by atoms with Crippen molar-refractivity contribution in [3.8, 4) is 11.5 Å². The van der Waals surface area contributed by atoms with E-state index in [0.717, 1.165) is 0 Å². The van der Waals surface area contributed by atoms with Gasteiger partial charge in [0.2, 0.25) is 15.9 Å². The van der Waals surface area contributed by atoms with Gasteiger partial charge in [-0.25, -0.2) is 8.42 Å². The molecule has 1 amide bonds. The largest absolute Gasteiger partial charge is 0.497 e. The Morgan fingerprint density at radius 2 is 2.04 bits per heavy atom. The van der Waals surface area contributed by atoms with Gasteiger partial charge in [-0.2, -0.15) is 4.31 Å². The minimum absolute atomic E-state index is 0.0400. The first kappa shape index (κ1) is 21.5. The van der Waals surface area contributed by atoms with Gasteiger partial charge in [0.1, 0.15) is 16.4 Å². The van der Waals surface area contributed by atoms with Crippen LogP contribution in [0.5, 0.6) is 11.5 Å². The maximum absolute atomic E-state index is 13.2. The lowest BCUT2D eigenvalue weighted by Crippen LogP contribution is -2.47. The third-order valence-electron chi connectivity index (χ3n) is 4.55. The van der Waals surface area contributed by atoms with E-state index in [4.69, 9.17) is 14.2 Å². The number of carbonyl (C=O) groups is 1. The summed E-state index contributed by atoms with van der Waals surface area (Å²) >= 11 is 0. The van der Waals surface area contributed by atoms with Crippen molar-refractivity contribution in [2.75, 3.05) is 41.0 Å². The summed E-state index contributed by atoms with van der Waals surface area (Å²) in [7, 11) is 0.644. The summed E-state index contributed by atoms with van der Waals surface area (Å²) < 4.78 is 43.1. The summed E-state index contributed by atoms with van der Waals surface area (Å²) in [6.45, 7) is 2.75. The quantitative estimate of drug-likeness (QED) is 0.706. The Bertz CT molecular complexity index is 752. The Morgan fingerprint density at radius 3 is 2.67 bits per heavy atom. The molecule has 1 aromatic rings. The molecule has 27 heavy (non-hydrogen) atoms. The average molecular weight is 400 g/mol. The topological polar surface area (TPSA) is 94.2 Å². The lowest BCUT2D eigenvalue weighted by Gasteiger charge is -2.32. The predicted octanol–water partition coefficient (Wildman–Crippen LogP) is 1.26. The molecule has 0 aliphatic carbocycles. The second kappa shape index (κ2) is 9.38. The number of rotatable bonds is 8. The second-order valence-corrected chi connectivity index (χ2v) is 8.49. The van der Waals surface area contributed by atoms with Gasteiger partial charge in [-0.05, 0) is 31.9 Å². The molecule has 1 aromatic carbocycles. The van der Waals surface area contributed by atoms with Crippen molar-refractivity contribution < 1.29 is 27.4 Å². The number of sulfonamides is 1. The molecule has 1 aliphatic rings. The van der Waals surface area contributed by atoms with Crippen LogP contribution in [0, 0.1) is 5.92 Å². The van der Waals surface area contributed by atoms with Gasteiger partial charge in [-0.15, -0.1) is 0 Å². The Morgan fingerprint density at radius 1 is 1.30 bits per heavy atom. The minimum atomic E-state index is -3.82. The number of hydrogen-bond acceptors (Lipinski definition) is 6. The molecule has 1 saturated heterocycles. The zero-order chi connectivity index (χ0) is 20.0.